The molecule has 0 aliphatic carbocycles. The number of rotatable bonds is 5. The van der Waals surface area contributed by atoms with Gasteiger partial charge in [-0.05, 0) is 31.2 Å². The number of hydrogen-bond donors (Lipinski definition) is 0. The molecule has 2 aliphatic rings. The highest BCUT2D eigenvalue weighted by Crippen LogP contribution is 2.26. The Bertz CT molecular complexity index is 965. The predicted octanol–water partition coefficient (Wildman–Crippen LogP) is 1.76. The largest absolute Gasteiger partial charge is 0.461 e. The first-order chi connectivity index (χ1) is 15.1. The summed E-state index contributed by atoms with van der Waals surface area (Å²) in [6.45, 7) is 3.60. The zero-order valence-corrected chi connectivity index (χ0v) is 17.3. The molecule has 31 heavy (non-hydrogen) atoms. The van der Waals surface area contributed by atoms with Crippen molar-refractivity contribution in [2.45, 2.75) is 19.4 Å². The molecule has 2 aliphatic heterocycles. The lowest BCUT2D eigenvalue weighted by atomic mass is 10.1. The molecule has 1 saturated heterocycles. The molecule has 3 heterocycles. The Kier molecular flexibility index (Phi) is 6.01. The standard InChI is InChI=1S/C22H24N4O5/c1-2-30-22(29)17-15-18(26(23-17)16-7-4-3-5-8-16)20(27)24-10-12-25(13-11-24)21(28)19-9-6-14-31-19/h3-9,14,18H,2,10-13,15H2,1H3. The smallest absolute Gasteiger partial charge is 0.354 e. The summed E-state index contributed by atoms with van der Waals surface area (Å²) in [5, 5.41) is 5.99. The van der Waals surface area contributed by atoms with E-state index in [-0.39, 0.29) is 30.6 Å². The van der Waals surface area contributed by atoms with Gasteiger partial charge in [0, 0.05) is 32.6 Å². The fraction of sp³-hybridized carbons (Fsp3) is 0.364. The maximum absolute atomic E-state index is 13.4. The number of ether oxygens (including phenoxy) is 1. The van der Waals surface area contributed by atoms with E-state index in [2.05, 4.69) is 5.10 Å². The van der Waals surface area contributed by atoms with Crippen LogP contribution in [0.4, 0.5) is 5.69 Å². The number of benzene rings is 1. The molecular formula is C22H24N4O5. The maximum atomic E-state index is 13.4. The number of furan rings is 1. The Morgan fingerprint density at radius 3 is 2.39 bits per heavy atom. The van der Waals surface area contributed by atoms with E-state index in [1.54, 1.807) is 33.9 Å². The van der Waals surface area contributed by atoms with E-state index in [4.69, 9.17) is 9.15 Å². The van der Waals surface area contributed by atoms with Crippen LogP contribution in [-0.4, -0.2) is 72.1 Å². The molecule has 1 atom stereocenters. The van der Waals surface area contributed by atoms with Gasteiger partial charge in [-0.2, -0.15) is 5.10 Å². The van der Waals surface area contributed by atoms with E-state index in [1.807, 2.05) is 30.3 Å². The van der Waals surface area contributed by atoms with Crippen LogP contribution in [0.5, 0.6) is 0 Å². The Morgan fingerprint density at radius 2 is 1.74 bits per heavy atom. The number of hydrogen-bond acceptors (Lipinski definition) is 7. The van der Waals surface area contributed by atoms with Gasteiger partial charge in [0.15, 0.2) is 5.76 Å². The fourth-order valence-corrected chi connectivity index (χ4v) is 3.76. The minimum atomic E-state index is -0.630. The van der Waals surface area contributed by atoms with E-state index in [0.717, 1.165) is 5.69 Å². The quantitative estimate of drug-likeness (QED) is 0.679. The SMILES string of the molecule is CCOC(=O)C1=NN(c2ccccc2)C(C(=O)N2CCN(C(=O)c3ccco3)CC2)C1. The molecule has 0 saturated carbocycles. The van der Waals surface area contributed by atoms with Crippen LogP contribution in [0, 0.1) is 0 Å². The first-order valence-corrected chi connectivity index (χ1v) is 10.3. The van der Waals surface area contributed by atoms with Crippen molar-refractivity contribution in [1.29, 1.82) is 0 Å². The first-order valence-electron chi connectivity index (χ1n) is 10.3. The lowest BCUT2D eigenvalue weighted by Crippen LogP contribution is -2.54. The van der Waals surface area contributed by atoms with Crippen LogP contribution in [-0.2, 0) is 14.3 Å². The van der Waals surface area contributed by atoms with Crippen molar-refractivity contribution < 1.29 is 23.5 Å². The number of para-hydroxylation sites is 1. The fourth-order valence-electron chi connectivity index (χ4n) is 3.76. The highest BCUT2D eigenvalue weighted by atomic mass is 16.5. The van der Waals surface area contributed by atoms with E-state index >= 15 is 0 Å². The average molecular weight is 424 g/mol. The van der Waals surface area contributed by atoms with Crippen LogP contribution in [0.2, 0.25) is 0 Å². The summed E-state index contributed by atoms with van der Waals surface area (Å²) in [6.07, 6.45) is 1.64. The van der Waals surface area contributed by atoms with Gasteiger partial charge in [0.2, 0.25) is 5.91 Å². The third kappa shape index (κ3) is 4.30. The van der Waals surface area contributed by atoms with Gasteiger partial charge in [-0.25, -0.2) is 4.79 Å². The molecule has 1 fully saturated rings. The van der Waals surface area contributed by atoms with Gasteiger partial charge >= 0.3 is 5.97 Å². The highest BCUT2D eigenvalue weighted by molar-refractivity contribution is 6.38. The number of anilines is 1. The predicted molar refractivity (Wildman–Crippen MR) is 113 cm³/mol. The zero-order chi connectivity index (χ0) is 21.8. The summed E-state index contributed by atoms with van der Waals surface area (Å²) in [7, 11) is 0. The second-order valence-electron chi connectivity index (χ2n) is 7.26. The zero-order valence-electron chi connectivity index (χ0n) is 17.3. The molecular weight excluding hydrogens is 400 g/mol. The van der Waals surface area contributed by atoms with E-state index < -0.39 is 12.0 Å². The van der Waals surface area contributed by atoms with Crippen molar-refractivity contribution in [3.05, 3.63) is 54.5 Å². The number of amides is 2. The number of carbonyl (C=O) groups excluding carboxylic acids is 3. The molecule has 0 N–H and O–H groups in total. The lowest BCUT2D eigenvalue weighted by molar-refractivity contribution is -0.135. The Morgan fingerprint density at radius 1 is 1.03 bits per heavy atom. The second-order valence-corrected chi connectivity index (χ2v) is 7.26. The third-order valence-electron chi connectivity index (χ3n) is 5.34. The van der Waals surface area contributed by atoms with Crippen LogP contribution in [0.15, 0.2) is 58.2 Å². The normalized spacial score (nSPS) is 18.7. The number of nitrogens with zero attached hydrogens (tertiary/aromatic N) is 4. The molecule has 2 amide bonds. The van der Waals surface area contributed by atoms with Crippen molar-refractivity contribution in [3.8, 4) is 0 Å². The molecule has 9 nitrogen and oxygen atoms in total. The molecule has 0 bridgehead atoms. The van der Waals surface area contributed by atoms with Crippen molar-refractivity contribution >= 4 is 29.2 Å². The van der Waals surface area contributed by atoms with Crippen LogP contribution in [0.3, 0.4) is 0 Å². The summed E-state index contributed by atoms with van der Waals surface area (Å²) in [6, 6.07) is 11.9. The van der Waals surface area contributed by atoms with Gasteiger partial charge in [0.05, 0.1) is 18.6 Å². The van der Waals surface area contributed by atoms with Crippen LogP contribution >= 0.6 is 0 Å². The van der Waals surface area contributed by atoms with E-state index in [1.165, 1.54) is 6.26 Å². The average Bonchev–Trinajstić information content (AvgIpc) is 3.50. The van der Waals surface area contributed by atoms with Crippen molar-refractivity contribution in [3.63, 3.8) is 0 Å². The molecule has 0 radical (unpaired) electrons. The van der Waals surface area contributed by atoms with Gasteiger partial charge in [0.25, 0.3) is 5.91 Å². The van der Waals surface area contributed by atoms with Crippen LogP contribution in [0.1, 0.15) is 23.9 Å². The molecule has 4 rings (SSSR count). The lowest BCUT2D eigenvalue weighted by Gasteiger charge is -2.36. The maximum Gasteiger partial charge on any atom is 0.354 e. The Balaban J connectivity index is 1.45. The van der Waals surface area contributed by atoms with Gasteiger partial charge in [-0.15, -0.1) is 0 Å². The van der Waals surface area contributed by atoms with E-state index in [0.29, 0.717) is 31.9 Å². The number of carbonyl (C=O) groups is 3. The van der Waals surface area contributed by atoms with Crippen LogP contribution in [0.25, 0.3) is 0 Å². The monoisotopic (exact) mass is 424 g/mol. The minimum Gasteiger partial charge on any atom is -0.461 e. The van der Waals surface area contributed by atoms with Crippen molar-refractivity contribution in [2.24, 2.45) is 5.10 Å². The van der Waals surface area contributed by atoms with Crippen molar-refractivity contribution in [2.75, 3.05) is 37.8 Å². The summed E-state index contributed by atoms with van der Waals surface area (Å²) >= 11 is 0. The number of piperazine rings is 1. The molecule has 0 spiro atoms. The summed E-state index contributed by atoms with van der Waals surface area (Å²) in [5.41, 5.74) is 0.961. The van der Waals surface area contributed by atoms with Gasteiger partial charge in [-0.3, -0.25) is 14.6 Å². The summed E-state index contributed by atoms with van der Waals surface area (Å²) in [4.78, 5) is 41.4. The van der Waals surface area contributed by atoms with Gasteiger partial charge < -0.3 is 19.0 Å². The molecule has 1 aromatic carbocycles. The van der Waals surface area contributed by atoms with Gasteiger partial charge in [0.1, 0.15) is 11.8 Å². The molecule has 1 aromatic heterocycles. The molecule has 9 heteroatoms. The topological polar surface area (TPSA) is 95.7 Å². The summed E-state index contributed by atoms with van der Waals surface area (Å²) in [5.74, 6) is -0.528. The second kappa shape index (κ2) is 9.03. The summed E-state index contributed by atoms with van der Waals surface area (Å²) < 4.78 is 10.3. The minimum absolute atomic E-state index is 0.128. The third-order valence-corrected chi connectivity index (χ3v) is 5.34. The molecule has 162 valence electrons. The molecule has 2 aromatic rings. The highest BCUT2D eigenvalue weighted by Gasteiger charge is 2.40. The Labute approximate surface area is 179 Å². The molecule has 1 unspecified atom stereocenters. The first kappa shape index (κ1) is 20.6. The van der Waals surface area contributed by atoms with Gasteiger partial charge in [-0.1, -0.05) is 18.2 Å². The van der Waals surface area contributed by atoms with Crippen LogP contribution < -0.4 is 5.01 Å². The number of esters is 1. The van der Waals surface area contributed by atoms with Crippen molar-refractivity contribution in [1.82, 2.24) is 9.80 Å². The number of hydrazone groups is 1. The Hall–Kier alpha value is -3.62. The van der Waals surface area contributed by atoms with E-state index in [9.17, 15) is 14.4 Å².